The van der Waals surface area contributed by atoms with E-state index in [1.54, 1.807) is 16.8 Å². The number of carboxylic acids is 2. The number of aromatic nitrogens is 3. The van der Waals surface area contributed by atoms with E-state index in [1.807, 2.05) is 56.3 Å². The molecule has 2 aromatic heterocycles. The number of amides is 1. The smallest absolute Gasteiger partial charge is 0.317 e. The van der Waals surface area contributed by atoms with Gasteiger partial charge in [-0.15, -0.1) is 0 Å². The van der Waals surface area contributed by atoms with Crippen LogP contribution in [0.2, 0.25) is 0 Å². The van der Waals surface area contributed by atoms with Gasteiger partial charge in [-0.25, -0.2) is 4.98 Å². The highest BCUT2D eigenvalue weighted by atomic mass is 16.4. The van der Waals surface area contributed by atoms with E-state index in [4.69, 9.17) is 14.5 Å². The van der Waals surface area contributed by atoms with E-state index in [0.717, 1.165) is 51.9 Å². The van der Waals surface area contributed by atoms with Gasteiger partial charge in [0, 0.05) is 36.9 Å². The second kappa shape index (κ2) is 13.8. The topological polar surface area (TPSA) is 187 Å². The molecule has 260 valence electrons. The van der Waals surface area contributed by atoms with Crippen molar-refractivity contribution in [2.24, 2.45) is 5.92 Å². The number of likely N-dealkylation sites (tertiary alicyclic amines) is 1. The number of hydrogen-bond acceptors (Lipinski definition) is 9. The Balaban J connectivity index is 1.14. The summed E-state index contributed by atoms with van der Waals surface area (Å²) in [4.78, 5) is 42.9. The molecule has 0 radical (unpaired) electrons. The van der Waals surface area contributed by atoms with Crippen molar-refractivity contribution in [3.05, 3.63) is 88.2 Å². The fourth-order valence-electron chi connectivity index (χ4n) is 7.24. The van der Waals surface area contributed by atoms with E-state index in [-0.39, 0.29) is 30.1 Å². The fraction of sp³-hybridized carbons (Fsp3) is 0.316. The minimum absolute atomic E-state index is 0.172. The molecule has 2 aliphatic heterocycles. The number of hydrogen-bond donors (Lipinski definition) is 4. The van der Waals surface area contributed by atoms with Crippen molar-refractivity contribution in [2.75, 3.05) is 25.0 Å². The van der Waals surface area contributed by atoms with Crippen LogP contribution in [0.5, 0.6) is 0 Å². The van der Waals surface area contributed by atoms with Gasteiger partial charge in [-0.2, -0.15) is 10.4 Å². The molecule has 1 amide bonds. The summed E-state index contributed by atoms with van der Waals surface area (Å²) in [5.41, 5.74) is 8.26. The molecule has 5 aromatic rings. The molecule has 51 heavy (non-hydrogen) atoms. The Morgan fingerprint density at radius 3 is 2.51 bits per heavy atom. The van der Waals surface area contributed by atoms with Crippen LogP contribution in [0.15, 0.2) is 59.0 Å². The standard InChI is InChI=1S/C38H37N7O6/c1-21-26(27-7-4-9-29(22(27)2)41-36(48)32-16-33-30(40-18-34(46)47)10-5-12-45(33)43-32)6-3-8-28(21)37-42-31-15-23(14-25(17-39)35(31)51-37)19-44-13-11-24(20-44)38(49)50/h3-4,6-9,14-16,24,30,40H,5,10-13,18-20H2,1-2H3,(H,41,48)(H,46,47)(H,49,50)/t24-,30?/m1/s1. The van der Waals surface area contributed by atoms with E-state index >= 15 is 0 Å². The fourth-order valence-corrected chi connectivity index (χ4v) is 7.24. The largest absolute Gasteiger partial charge is 0.481 e. The zero-order chi connectivity index (χ0) is 35.8. The maximum Gasteiger partial charge on any atom is 0.317 e. The summed E-state index contributed by atoms with van der Waals surface area (Å²) in [6.07, 6.45) is 2.19. The quantitative estimate of drug-likeness (QED) is 0.145. The van der Waals surface area contributed by atoms with Crippen LogP contribution < -0.4 is 10.6 Å². The average Bonchev–Trinajstić information content (AvgIpc) is 3.87. The number of anilines is 1. The van der Waals surface area contributed by atoms with Gasteiger partial charge in [-0.3, -0.25) is 29.3 Å². The zero-order valence-corrected chi connectivity index (χ0v) is 28.3. The average molecular weight is 688 g/mol. The molecular formula is C38H37N7O6. The minimum atomic E-state index is -0.940. The number of carbonyl (C=O) groups excluding carboxylic acids is 1. The highest BCUT2D eigenvalue weighted by Gasteiger charge is 2.29. The molecule has 0 saturated carbocycles. The molecule has 4 N–H and O–H groups in total. The van der Waals surface area contributed by atoms with Gasteiger partial charge < -0.3 is 19.9 Å². The number of fused-ring (bicyclic) bond motifs is 2. The van der Waals surface area contributed by atoms with Crippen LogP contribution in [-0.4, -0.2) is 67.4 Å². The molecule has 0 bridgehead atoms. The third-order valence-corrected chi connectivity index (χ3v) is 9.90. The van der Waals surface area contributed by atoms with Crippen LogP contribution >= 0.6 is 0 Å². The highest BCUT2D eigenvalue weighted by molar-refractivity contribution is 6.04. The second-order valence-electron chi connectivity index (χ2n) is 13.2. The lowest BCUT2D eigenvalue weighted by atomic mass is 9.93. The maximum atomic E-state index is 13.4. The first-order chi connectivity index (χ1) is 24.6. The molecule has 1 fully saturated rings. The Morgan fingerprint density at radius 1 is 1.00 bits per heavy atom. The van der Waals surface area contributed by atoms with Crippen LogP contribution in [0.25, 0.3) is 33.7 Å². The van der Waals surface area contributed by atoms with E-state index in [0.29, 0.717) is 60.8 Å². The van der Waals surface area contributed by atoms with E-state index in [1.165, 1.54) is 0 Å². The van der Waals surface area contributed by atoms with E-state index < -0.39 is 11.9 Å². The molecule has 1 unspecified atom stereocenters. The molecule has 0 aliphatic carbocycles. The molecule has 7 rings (SSSR count). The van der Waals surface area contributed by atoms with Crippen LogP contribution in [0, 0.1) is 31.1 Å². The Labute approximate surface area is 293 Å². The van der Waals surface area contributed by atoms with Crippen molar-refractivity contribution >= 4 is 34.6 Å². The van der Waals surface area contributed by atoms with Crippen LogP contribution in [-0.2, 0) is 22.7 Å². The molecule has 1 saturated heterocycles. The van der Waals surface area contributed by atoms with Gasteiger partial charge in [0.05, 0.1) is 23.7 Å². The lowest BCUT2D eigenvalue weighted by Crippen LogP contribution is -2.31. The normalized spacial score (nSPS) is 17.3. The molecule has 4 heterocycles. The molecular weight excluding hydrogens is 650 g/mol. The third-order valence-electron chi connectivity index (χ3n) is 9.90. The van der Waals surface area contributed by atoms with Gasteiger partial charge in [-0.05, 0) is 97.8 Å². The Kier molecular flexibility index (Phi) is 9.12. The number of aliphatic carboxylic acids is 2. The van der Waals surface area contributed by atoms with Crippen molar-refractivity contribution in [2.45, 2.75) is 52.2 Å². The van der Waals surface area contributed by atoms with E-state index in [9.17, 15) is 24.8 Å². The number of benzene rings is 3. The summed E-state index contributed by atoms with van der Waals surface area (Å²) in [6.45, 7) is 6.08. The summed E-state index contributed by atoms with van der Waals surface area (Å²) >= 11 is 0. The summed E-state index contributed by atoms with van der Waals surface area (Å²) in [5.74, 6) is -2.08. The van der Waals surface area contributed by atoms with Gasteiger partial charge in [0.2, 0.25) is 5.89 Å². The van der Waals surface area contributed by atoms with Crippen molar-refractivity contribution in [3.63, 3.8) is 0 Å². The minimum Gasteiger partial charge on any atom is -0.481 e. The number of nitrogens with zero attached hydrogens (tertiary/aromatic N) is 5. The van der Waals surface area contributed by atoms with Gasteiger partial charge in [0.15, 0.2) is 11.3 Å². The zero-order valence-electron chi connectivity index (χ0n) is 28.3. The van der Waals surface area contributed by atoms with Crippen molar-refractivity contribution in [1.29, 1.82) is 5.26 Å². The first-order valence-corrected chi connectivity index (χ1v) is 16.9. The first-order valence-electron chi connectivity index (χ1n) is 16.9. The molecule has 13 nitrogen and oxygen atoms in total. The van der Waals surface area contributed by atoms with E-state index in [2.05, 4.69) is 26.7 Å². The van der Waals surface area contributed by atoms with Gasteiger partial charge in [-0.1, -0.05) is 24.3 Å². The first kappa shape index (κ1) is 33.6. The predicted molar refractivity (Wildman–Crippen MR) is 188 cm³/mol. The van der Waals surface area contributed by atoms with Gasteiger partial charge in [0.25, 0.3) is 5.91 Å². The molecule has 2 atom stereocenters. The molecule has 13 heteroatoms. The molecule has 3 aromatic carbocycles. The number of carbonyl (C=O) groups is 3. The SMILES string of the molecule is Cc1c(NC(=O)c2cc3n(n2)CCCC3NCC(=O)O)cccc1-c1cccc(-c2nc3cc(CN4CC[C@@H](C(=O)O)C4)cc(C#N)c3o2)c1C. The number of nitrogens with one attached hydrogen (secondary N) is 2. The molecule has 0 spiro atoms. The number of rotatable bonds is 10. The summed E-state index contributed by atoms with van der Waals surface area (Å²) < 4.78 is 7.99. The molecule has 2 aliphatic rings. The van der Waals surface area contributed by atoms with Crippen LogP contribution in [0.4, 0.5) is 5.69 Å². The van der Waals surface area contributed by atoms with Gasteiger partial charge >= 0.3 is 11.9 Å². The van der Waals surface area contributed by atoms with Gasteiger partial charge in [0.1, 0.15) is 11.6 Å². The third kappa shape index (κ3) is 6.71. The van der Waals surface area contributed by atoms with Crippen molar-refractivity contribution in [1.82, 2.24) is 25.0 Å². The second-order valence-corrected chi connectivity index (χ2v) is 13.2. The van der Waals surface area contributed by atoms with Crippen LogP contribution in [0.3, 0.4) is 0 Å². The monoisotopic (exact) mass is 687 g/mol. The summed E-state index contributed by atoms with van der Waals surface area (Å²) in [7, 11) is 0. The number of aryl methyl sites for hydroxylation is 1. The van der Waals surface area contributed by atoms with Crippen molar-refractivity contribution < 1.29 is 29.0 Å². The summed E-state index contributed by atoms with van der Waals surface area (Å²) in [6, 6.07) is 19.0. The lowest BCUT2D eigenvalue weighted by Gasteiger charge is -2.23. The Hall–Kier alpha value is -5.84. The van der Waals surface area contributed by atoms with Crippen molar-refractivity contribution in [3.8, 4) is 28.7 Å². The highest BCUT2D eigenvalue weighted by Crippen LogP contribution is 2.37. The number of nitriles is 1. The lowest BCUT2D eigenvalue weighted by molar-refractivity contribution is -0.141. The predicted octanol–water partition coefficient (Wildman–Crippen LogP) is 5.51. The number of oxazole rings is 1. The number of carboxylic acid groups (broad SMARTS) is 2. The Morgan fingerprint density at radius 2 is 1.76 bits per heavy atom. The van der Waals surface area contributed by atoms with Crippen LogP contribution in [0.1, 0.15) is 63.7 Å². The Bertz CT molecular complexity index is 2230. The summed E-state index contributed by atoms with van der Waals surface area (Å²) in [5, 5.41) is 39.0. The maximum absolute atomic E-state index is 13.4.